The molecule has 0 amide bonds. The normalized spacial score (nSPS) is 15.1. The monoisotopic (exact) mass is 524 g/mol. The number of likely N-dealkylation sites (tertiary alicyclic amines) is 1. The van der Waals surface area contributed by atoms with Crippen LogP contribution in [0.5, 0.6) is 0 Å². The smallest absolute Gasteiger partial charge is 0.416 e. The highest BCUT2D eigenvalue weighted by Crippen LogP contribution is 2.37. The Kier molecular flexibility index (Phi) is 7.11. The van der Waals surface area contributed by atoms with E-state index in [2.05, 4.69) is 11.5 Å². The molecule has 0 unspecified atom stereocenters. The van der Waals surface area contributed by atoms with Crippen LogP contribution in [0, 0.1) is 12.8 Å². The quantitative estimate of drug-likeness (QED) is 0.363. The topological polar surface area (TPSA) is 45.5 Å². The van der Waals surface area contributed by atoms with Crippen LogP contribution in [0.15, 0.2) is 43.1 Å². The molecule has 1 saturated heterocycles. The van der Waals surface area contributed by atoms with Crippen LogP contribution in [0.25, 0.3) is 16.6 Å². The minimum absolute atomic E-state index is 0.149. The van der Waals surface area contributed by atoms with Crippen LogP contribution < -0.4 is 0 Å². The molecule has 0 atom stereocenters. The molecule has 186 valence electrons. The van der Waals surface area contributed by atoms with E-state index in [4.69, 9.17) is 28.3 Å². The summed E-state index contributed by atoms with van der Waals surface area (Å²) in [5.41, 5.74) is 2.65. The fourth-order valence-corrected chi connectivity index (χ4v) is 5.43. The lowest BCUT2D eigenvalue weighted by molar-refractivity contribution is -0.139. The Morgan fingerprint density at radius 1 is 1.17 bits per heavy atom. The van der Waals surface area contributed by atoms with Gasteiger partial charge in [0, 0.05) is 52.9 Å². The number of piperidine rings is 1. The van der Waals surface area contributed by atoms with Gasteiger partial charge in [-0.25, -0.2) is 0 Å². The van der Waals surface area contributed by atoms with Gasteiger partial charge >= 0.3 is 12.1 Å². The molecule has 0 saturated carbocycles. The summed E-state index contributed by atoms with van der Waals surface area (Å²) in [7, 11) is 0. The molecule has 0 radical (unpaired) electrons. The van der Waals surface area contributed by atoms with Gasteiger partial charge in [0.1, 0.15) is 0 Å². The Morgan fingerprint density at radius 2 is 1.86 bits per heavy atom. The number of rotatable bonds is 6. The van der Waals surface area contributed by atoms with Gasteiger partial charge in [0.15, 0.2) is 0 Å². The number of carboxylic acids is 1. The highest BCUT2D eigenvalue weighted by molar-refractivity contribution is 6.37. The summed E-state index contributed by atoms with van der Waals surface area (Å²) < 4.78 is 41.5. The molecule has 2 heterocycles. The number of aliphatic carboxylic acids is 1. The van der Waals surface area contributed by atoms with Gasteiger partial charge in [-0.05, 0) is 61.6 Å². The average Bonchev–Trinajstić information content (AvgIpc) is 3.19. The maximum absolute atomic E-state index is 13.2. The SMILES string of the molecule is C=C(c1ccc(Cl)c(Cn2ccc3cc(C(F)(F)F)cc(C)c32)c1Cl)N1CCC(CC(=O)O)CC1. The minimum Gasteiger partial charge on any atom is -0.481 e. The maximum atomic E-state index is 13.2. The van der Waals surface area contributed by atoms with Crippen molar-refractivity contribution in [1.29, 1.82) is 0 Å². The largest absolute Gasteiger partial charge is 0.481 e. The average molecular weight is 525 g/mol. The van der Waals surface area contributed by atoms with E-state index in [0.29, 0.717) is 45.2 Å². The molecule has 9 heteroatoms. The minimum atomic E-state index is -4.41. The second-order valence-corrected chi connectivity index (χ2v) is 9.82. The number of nitrogens with zero attached hydrogens (tertiary/aromatic N) is 2. The fraction of sp³-hybridized carbons (Fsp3) is 0.346. The van der Waals surface area contributed by atoms with Crippen LogP contribution in [-0.2, 0) is 17.5 Å². The van der Waals surface area contributed by atoms with Crippen molar-refractivity contribution in [2.75, 3.05) is 13.1 Å². The lowest BCUT2D eigenvalue weighted by atomic mass is 9.93. The molecule has 1 N–H and O–H groups in total. The van der Waals surface area contributed by atoms with Crippen molar-refractivity contribution < 1.29 is 23.1 Å². The van der Waals surface area contributed by atoms with Gasteiger partial charge in [0.05, 0.1) is 22.6 Å². The highest BCUT2D eigenvalue weighted by atomic mass is 35.5. The summed E-state index contributed by atoms with van der Waals surface area (Å²) in [6, 6.07) is 7.52. The first-order chi connectivity index (χ1) is 16.5. The van der Waals surface area contributed by atoms with Crippen molar-refractivity contribution >= 4 is 45.8 Å². The number of hydrogen-bond acceptors (Lipinski definition) is 2. The van der Waals surface area contributed by atoms with Gasteiger partial charge in [0.25, 0.3) is 0 Å². The number of aromatic nitrogens is 1. The molecule has 4 rings (SSSR count). The van der Waals surface area contributed by atoms with E-state index in [1.54, 1.807) is 25.3 Å². The van der Waals surface area contributed by atoms with Crippen molar-refractivity contribution in [3.8, 4) is 0 Å². The number of halogens is 5. The Bertz CT molecular complexity index is 1290. The number of alkyl halides is 3. The summed E-state index contributed by atoms with van der Waals surface area (Å²) in [6.07, 6.45) is -0.986. The summed E-state index contributed by atoms with van der Waals surface area (Å²) >= 11 is 13.3. The number of benzene rings is 2. The highest BCUT2D eigenvalue weighted by Gasteiger charge is 2.31. The zero-order valence-electron chi connectivity index (χ0n) is 19.1. The van der Waals surface area contributed by atoms with Crippen molar-refractivity contribution in [2.24, 2.45) is 5.92 Å². The molecule has 4 nitrogen and oxygen atoms in total. The van der Waals surface area contributed by atoms with Crippen LogP contribution in [0.4, 0.5) is 13.2 Å². The predicted molar refractivity (Wildman–Crippen MR) is 133 cm³/mol. The summed E-state index contributed by atoms with van der Waals surface area (Å²) in [5.74, 6) is -0.633. The lowest BCUT2D eigenvalue weighted by Gasteiger charge is -2.35. The van der Waals surface area contributed by atoms with E-state index in [1.165, 1.54) is 0 Å². The number of hydrogen-bond donors (Lipinski definition) is 1. The van der Waals surface area contributed by atoms with Gasteiger partial charge in [-0.3, -0.25) is 4.79 Å². The van der Waals surface area contributed by atoms with Crippen molar-refractivity contribution in [2.45, 2.75) is 38.9 Å². The molecule has 0 bridgehead atoms. The van der Waals surface area contributed by atoms with Crippen molar-refractivity contribution in [1.82, 2.24) is 9.47 Å². The van der Waals surface area contributed by atoms with Gasteiger partial charge in [-0.15, -0.1) is 0 Å². The Morgan fingerprint density at radius 3 is 2.49 bits per heavy atom. The number of carboxylic acid groups (broad SMARTS) is 1. The van der Waals surface area contributed by atoms with Crippen molar-refractivity contribution in [3.05, 3.63) is 75.4 Å². The first kappa shape index (κ1) is 25.5. The Hall–Kier alpha value is -2.64. The van der Waals surface area contributed by atoms with E-state index >= 15 is 0 Å². The predicted octanol–water partition coefficient (Wildman–Crippen LogP) is 7.48. The number of fused-ring (bicyclic) bond motifs is 1. The maximum Gasteiger partial charge on any atom is 0.416 e. The van der Waals surface area contributed by atoms with Crippen LogP contribution in [0.2, 0.25) is 10.0 Å². The molecule has 0 aliphatic carbocycles. The van der Waals surface area contributed by atoms with Crippen molar-refractivity contribution in [3.63, 3.8) is 0 Å². The third-order valence-corrected chi connectivity index (χ3v) is 7.45. The molecule has 35 heavy (non-hydrogen) atoms. The summed E-state index contributed by atoms with van der Waals surface area (Å²) in [4.78, 5) is 13.1. The second kappa shape index (κ2) is 9.78. The first-order valence-corrected chi connectivity index (χ1v) is 12.0. The zero-order valence-corrected chi connectivity index (χ0v) is 20.6. The van der Waals surface area contributed by atoms with Crippen LogP contribution in [0.1, 0.15) is 41.5 Å². The van der Waals surface area contributed by atoms with Crippen LogP contribution in [0.3, 0.4) is 0 Å². The zero-order chi connectivity index (χ0) is 25.5. The molecular formula is C26H25Cl2F3N2O2. The van der Waals surface area contributed by atoms with Gasteiger partial charge in [-0.1, -0.05) is 29.8 Å². The first-order valence-electron chi connectivity index (χ1n) is 11.2. The number of carbonyl (C=O) groups is 1. The van der Waals surface area contributed by atoms with E-state index in [-0.39, 0.29) is 18.9 Å². The fourth-order valence-electron chi connectivity index (χ4n) is 4.83. The van der Waals surface area contributed by atoms with E-state index in [0.717, 1.165) is 36.2 Å². The van der Waals surface area contributed by atoms with Crippen LogP contribution >= 0.6 is 23.2 Å². The molecule has 3 aromatic rings. The third-order valence-electron chi connectivity index (χ3n) is 6.66. The molecular weight excluding hydrogens is 500 g/mol. The molecule has 2 aromatic carbocycles. The molecule has 0 spiro atoms. The standard InChI is InChI=1S/C26H25Cl2F3N2O2/c1-15-11-19(26(29,30)31)13-18-7-10-33(25(15)18)14-21-22(27)4-3-20(24(21)28)16(2)32-8-5-17(6-9-32)12-23(34)35/h3-4,7,10-11,13,17H,2,5-6,8-9,12,14H2,1H3,(H,34,35). The molecule has 1 aliphatic rings. The Balaban J connectivity index is 1.60. The summed E-state index contributed by atoms with van der Waals surface area (Å²) in [5, 5.41) is 10.4. The second-order valence-electron chi connectivity index (χ2n) is 9.03. The lowest BCUT2D eigenvalue weighted by Crippen LogP contribution is -2.33. The Labute approximate surface area is 211 Å². The van der Waals surface area contributed by atoms with Gasteiger partial charge in [0.2, 0.25) is 0 Å². The molecule has 1 aliphatic heterocycles. The number of aryl methyl sites for hydroxylation is 1. The van der Waals surface area contributed by atoms with E-state index < -0.39 is 17.7 Å². The van der Waals surface area contributed by atoms with Gasteiger partial charge < -0.3 is 14.6 Å². The van der Waals surface area contributed by atoms with Crippen LogP contribution in [-0.4, -0.2) is 33.6 Å². The third kappa shape index (κ3) is 5.31. The molecule has 1 fully saturated rings. The van der Waals surface area contributed by atoms with Gasteiger partial charge in [-0.2, -0.15) is 13.2 Å². The van der Waals surface area contributed by atoms with E-state index in [1.807, 2.05) is 10.6 Å². The van der Waals surface area contributed by atoms with E-state index in [9.17, 15) is 18.0 Å². The molecule has 1 aromatic heterocycles. The summed E-state index contributed by atoms with van der Waals surface area (Å²) in [6.45, 7) is 7.55.